The molecule has 32 heavy (non-hydrogen) atoms. The van der Waals surface area contributed by atoms with Crippen molar-refractivity contribution in [3.05, 3.63) is 47.9 Å². The minimum atomic E-state index is -3.95. The van der Waals surface area contributed by atoms with Crippen LogP contribution in [-0.4, -0.2) is 63.5 Å². The van der Waals surface area contributed by atoms with Crippen molar-refractivity contribution in [1.82, 2.24) is 15.2 Å². The van der Waals surface area contributed by atoms with Crippen molar-refractivity contribution < 1.29 is 17.6 Å². The summed E-state index contributed by atoms with van der Waals surface area (Å²) in [6.45, 7) is 6.53. The van der Waals surface area contributed by atoms with Gasteiger partial charge in [0, 0.05) is 39.3 Å². The number of halogens is 1. The first-order valence-electron chi connectivity index (χ1n) is 10.9. The third-order valence-corrected chi connectivity index (χ3v) is 7.36. The number of likely N-dealkylation sites (tertiary alicyclic amines) is 1. The summed E-state index contributed by atoms with van der Waals surface area (Å²) in [5.74, 6) is 0.494. The van der Waals surface area contributed by atoms with Gasteiger partial charge in [0.1, 0.15) is 11.6 Å². The number of benzene rings is 1. The largest absolute Gasteiger partial charge is 0.353 e. The summed E-state index contributed by atoms with van der Waals surface area (Å²) >= 11 is 0. The minimum Gasteiger partial charge on any atom is -0.353 e. The molecule has 0 unspecified atom stereocenters. The Balaban J connectivity index is 1.64. The van der Waals surface area contributed by atoms with E-state index >= 15 is 0 Å². The molecule has 0 spiro atoms. The Labute approximate surface area is 187 Å². The van der Waals surface area contributed by atoms with E-state index in [9.17, 15) is 17.6 Å². The van der Waals surface area contributed by atoms with E-state index < -0.39 is 15.8 Å². The van der Waals surface area contributed by atoms with Gasteiger partial charge < -0.3 is 15.1 Å². The zero-order valence-corrected chi connectivity index (χ0v) is 18.9. The number of sulfonamides is 1. The number of piperidine rings is 1. The van der Waals surface area contributed by atoms with E-state index in [-0.39, 0.29) is 16.5 Å². The lowest BCUT2D eigenvalue weighted by molar-refractivity contribution is 0.0697. The first kappa shape index (κ1) is 22.5. The van der Waals surface area contributed by atoms with Gasteiger partial charge in [-0.3, -0.25) is 9.52 Å². The van der Waals surface area contributed by atoms with Crippen LogP contribution in [-0.2, 0) is 10.0 Å². The highest BCUT2D eigenvalue weighted by atomic mass is 32.2. The summed E-state index contributed by atoms with van der Waals surface area (Å²) in [5.41, 5.74) is 0.586. The Morgan fingerprint density at radius 2 is 1.78 bits per heavy atom. The number of hydrogen-bond acceptors (Lipinski definition) is 6. The molecule has 0 bridgehead atoms. The second-order valence-electron chi connectivity index (χ2n) is 8.37. The maximum absolute atomic E-state index is 13.4. The SMILES string of the molecule is CC1CCN(C(=O)c2cc(NS(=O)(=O)c3ccc(F)cc3)cnc2N2CCNCC2)CC1. The molecule has 2 N–H and O–H groups in total. The van der Waals surface area contributed by atoms with Crippen molar-refractivity contribution in [3.8, 4) is 0 Å². The zero-order valence-electron chi connectivity index (χ0n) is 18.1. The van der Waals surface area contributed by atoms with Gasteiger partial charge in [-0.05, 0) is 49.1 Å². The van der Waals surface area contributed by atoms with Gasteiger partial charge in [0.05, 0.1) is 22.3 Å². The second-order valence-corrected chi connectivity index (χ2v) is 10.0. The van der Waals surface area contributed by atoms with Crippen LogP contribution in [0.1, 0.15) is 30.1 Å². The van der Waals surface area contributed by atoms with E-state index in [0.717, 1.165) is 38.1 Å². The highest BCUT2D eigenvalue weighted by molar-refractivity contribution is 7.92. The van der Waals surface area contributed by atoms with Crippen molar-refractivity contribution in [1.29, 1.82) is 0 Å². The summed E-state index contributed by atoms with van der Waals surface area (Å²) in [4.78, 5) is 21.7. The molecule has 1 amide bonds. The summed E-state index contributed by atoms with van der Waals surface area (Å²) in [7, 11) is -3.95. The first-order chi connectivity index (χ1) is 15.3. The molecule has 2 aliphatic heterocycles. The van der Waals surface area contributed by atoms with Crippen molar-refractivity contribution in [3.63, 3.8) is 0 Å². The minimum absolute atomic E-state index is 0.0667. The molecule has 0 atom stereocenters. The van der Waals surface area contributed by atoms with E-state index in [1.54, 1.807) is 6.07 Å². The predicted molar refractivity (Wildman–Crippen MR) is 121 cm³/mol. The molecule has 8 nitrogen and oxygen atoms in total. The van der Waals surface area contributed by atoms with Crippen LogP contribution in [0.2, 0.25) is 0 Å². The van der Waals surface area contributed by atoms with Gasteiger partial charge in [0.25, 0.3) is 15.9 Å². The van der Waals surface area contributed by atoms with Gasteiger partial charge in [-0.2, -0.15) is 0 Å². The third kappa shape index (κ3) is 5.02. The number of carbonyl (C=O) groups excluding carboxylic acids is 1. The van der Waals surface area contributed by atoms with E-state index in [2.05, 4.69) is 26.8 Å². The number of anilines is 2. The normalized spacial score (nSPS) is 17.9. The van der Waals surface area contributed by atoms with Crippen molar-refractivity contribution in [2.75, 3.05) is 48.9 Å². The molecule has 2 aromatic rings. The van der Waals surface area contributed by atoms with Crippen LogP contribution in [0.4, 0.5) is 15.9 Å². The standard InChI is InChI=1S/C22H28FN5O3S/c1-16-6-10-28(11-7-16)22(29)20-14-18(15-25-21(20)27-12-8-24-9-13-27)26-32(30,31)19-4-2-17(23)3-5-19/h2-5,14-16,24,26H,6-13H2,1H3. The Hall–Kier alpha value is -2.72. The van der Waals surface area contributed by atoms with Crippen LogP contribution in [0.15, 0.2) is 41.4 Å². The van der Waals surface area contributed by atoms with Crippen LogP contribution in [0.3, 0.4) is 0 Å². The Morgan fingerprint density at radius 1 is 1.12 bits per heavy atom. The van der Waals surface area contributed by atoms with Gasteiger partial charge in [0.15, 0.2) is 0 Å². The quantitative estimate of drug-likeness (QED) is 0.710. The fraction of sp³-hybridized carbons (Fsp3) is 0.455. The fourth-order valence-electron chi connectivity index (χ4n) is 4.01. The molecule has 0 aliphatic carbocycles. The van der Waals surface area contributed by atoms with Crippen LogP contribution < -0.4 is 14.9 Å². The lowest BCUT2D eigenvalue weighted by Crippen LogP contribution is -2.45. The lowest BCUT2D eigenvalue weighted by Gasteiger charge is -2.33. The van der Waals surface area contributed by atoms with E-state index in [4.69, 9.17) is 0 Å². The van der Waals surface area contributed by atoms with Gasteiger partial charge >= 0.3 is 0 Å². The van der Waals surface area contributed by atoms with Crippen LogP contribution >= 0.6 is 0 Å². The number of hydrogen-bond donors (Lipinski definition) is 2. The number of piperazine rings is 1. The Bertz CT molecular complexity index is 1060. The number of rotatable bonds is 5. The molecule has 2 fully saturated rings. The number of carbonyl (C=O) groups is 1. The van der Waals surface area contributed by atoms with Gasteiger partial charge in [-0.1, -0.05) is 6.92 Å². The van der Waals surface area contributed by atoms with Crippen LogP contribution in [0, 0.1) is 11.7 Å². The molecule has 1 aromatic heterocycles. The van der Waals surface area contributed by atoms with E-state index in [0.29, 0.717) is 43.5 Å². The molecule has 2 saturated heterocycles. The molecule has 10 heteroatoms. The van der Waals surface area contributed by atoms with Gasteiger partial charge in [-0.25, -0.2) is 17.8 Å². The van der Waals surface area contributed by atoms with Crippen molar-refractivity contribution in [2.45, 2.75) is 24.7 Å². The molecule has 3 heterocycles. The topological polar surface area (TPSA) is 94.6 Å². The molecule has 172 valence electrons. The smallest absolute Gasteiger partial charge is 0.261 e. The summed E-state index contributed by atoms with van der Waals surface area (Å²) in [6, 6.07) is 6.13. The first-order valence-corrected chi connectivity index (χ1v) is 12.4. The number of nitrogens with zero attached hydrogens (tertiary/aromatic N) is 3. The van der Waals surface area contributed by atoms with E-state index in [1.807, 2.05) is 4.90 Å². The highest BCUT2D eigenvalue weighted by Crippen LogP contribution is 2.27. The zero-order chi connectivity index (χ0) is 22.7. The molecule has 0 saturated carbocycles. The maximum Gasteiger partial charge on any atom is 0.261 e. The summed E-state index contributed by atoms with van der Waals surface area (Å²) in [5, 5.41) is 3.28. The molecule has 2 aliphatic rings. The third-order valence-electron chi connectivity index (χ3n) is 5.96. The van der Waals surface area contributed by atoms with Gasteiger partial charge in [-0.15, -0.1) is 0 Å². The van der Waals surface area contributed by atoms with Gasteiger partial charge in [0.2, 0.25) is 0 Å². The average Bonchev–Trinajstić information content (AvgIpc) is 2.80. The average molecular weight is 462 g/mol. The van der Waals surface area contributed by atoms with Crippen molar-refractivity contribution >= 4 is 27.4 Å². The molecule has 0 radical (unpaired) electrons. The monoisotopic (exact) mass is 461 g/mol. The summed E-state index contributed by atoms with van der Waals surface area (Å²) < 4.78 is 41.2. The second kappa shape index (κ2) is 9.41. The molecular formula is C22H28FN5O3S. The van der Waals surface area contributed by atoms with Crippen molar-refractivity contribution in [2.24, 2.45) is 5.92 Å². The lowest BCUT2D eigenvalue weighted by atomic mass is 9.98. The van der Waals surface area contributed by atoms with Crippen LogP contribution in [0.5, 0.6) is 0 Å². The maximum atomic E-state index is 13.4. The number of pyridine rings is 1. The van der Waals surface area contributed by atoms with Crippen LogP contribution in [0.25, 0.3) is 0 Å². The number of aromatic nitrogens is 1. The Kier molecular flexibility index (Phi) is 6.61. The predicted octanol–water partition coefficient (Wildman–Crippen LogP) is 2.30. The number of amides is 1. The molecule has 4 rings (SSSR count). The molecular weight excluding hydrogens is 433 g/mol. The Morgan fingerprint density at radius 3 is 2.44 bits per heavy atom. The fourth-order valence-corrected chi connectivity index (χ4v) is 5.04. The van der Waals surface area contributed by atoms with E-state index in [1.165, 1.54) is 18.3 Å². The number of nitrogens with one attached hydrogen (secondary N) is 2. The summed E-state index contributed by atoms with van der Waals surface area (Å²) in [6.07, 6.45) is 3.31. The molecule has 1 aromatic carbocycles. The highest BCUT2D eigenvalue weighted by Gasteiger charge is 2.27.